The second-order valence-electron chi connectivity index (χ2n) is 5.49. The van der Waals surface area contributed by atoms with Gasteiger partial charge in [-0.3, -0.25) is 4.79 Å². The Hall–Kier alpha value is -1.48. The van der Waals surface area contributed by atoms with Gasteiger partial charge in [-0.05, 0) is 33.8 Å². The van der Waals surface area contributed by atoms with Gasteiger partial charge in [0.15, 0.2) is 0 Å². The Morgan fingerprint density at radius 3 is 2.61 bits per heavy atom. The van der Waals surface area contributed by atoms with Crippen molar-refractivity contribution in [2.24, 2.45) is 0 Å². The number of benzene rings is 1. The van der Waals surface area contributed by atoms with E-state index < -0.39 is 0 Å². The Balaban J connectivity index is 2.54. The summed E-state index contributed by atoms with van der Waals surface area (Å²) in [5, 5.41) is 4.46. The molecule has 0 spiro atoms. The van der Waals surface area contributed by atoms with Gasteiger partial charge in [0.2, 0.25) is 0 Å². The van der Waals surface area contributed by atoms with Gasteiger partial charge in [0.1, 0.15) is 0 Å². The Labute approximate surface area is 112 Å². The SMILES string of the molecule is Cc1[nH]c2c(Cl)cccc2c1C(=O)NC(C)(C)C. The smallest absolute Gasteiger partial charge is 0.254 e. The molecule has 0 fully saturated rings. The summed E-state index contributed by atoms with van der Waals surface area (Å²) in [5.41, 5.74) is 2.06. The largest absolute Gasteiger partial charge is 0.357 e. The van der Waals surface area contributed by atoms with E-state index in [1.54, 1.807) is 0 Å². The predicted octanol–water partition coefficient (Wildman–Crippen LogP) is 3.66. The first-order valence-corrected chi connectivity index (χ1v) is 6.27. The zero-order chi connectivity index (χ0) is 13.5. The Kier molecular flexibility index (Phi) is 3.11. The minimum Gasteiger partial charge on any atom is -0.357 e. The second-order valence-corrected chi connectivity index (χ2v) is 5.90. The van der Waals surface area contributed by atoms with Crippen LogP contribution in [0.1, 0.15) is 36.8 Å². The third-order valence-corrected chi connectivity index (χ3v) is 3.00. The molecule has 1 heterocycles. The number of carbonyl (C=O) groups excluding carboxylic acids is 1. The normalized spacial score (nSPS) is 11.8. The molecule has 0 radical (unpaired) electrons. The average Bonchev–Trinajstić information content (AvgIpc) is 2.53. The molecule has 2 aromatic rings. The highest BCUT2D eigenvalue weighted by atomic mass is 35.5. The average molecular weight is 265 g/mol. The number of rotatable bonds is 1. The lowest BCUT2D eigenvalue weighted by Gasteiger charge is -2.20. The van der Waals surface area contributed by atoms with Crippen molar-refractivity contribution in [2.75, 3.05) is 0 Å². The van der Waals surface area contributed by atoms with Crippen LogP contribution in [-0.4, -0.2) is 16.4 Å². The summed E-state index contributed by atoms with van der Waals surface area (Å²) in [6, 6.07) is 5.57. The molecule has 0 saturated carbocycles. The first kappa shape index (κ1) is 13.0. The molecule has 2 N–H and O–H groups in total. The number of para-hydroxylation sites is 1. The van der Waals surface area contributed by atoms with Gasteiger partial charge in [0.05, 0.1) is 16.1 Å². The molecule has 1 aromatic heterocycles. The quantitative estimate of drug-likeness (QED) is 0.811. The highest BCUT2D eigenvalue weighted by Gasteiger charge is 2.21. The van der Waals surface area contributed by atoms with E-state index in [1.165, 1.54) is 0 Å². The Morgan fingerprint density at radius 2 is 2.00 bits per heavy atom. The van der Waals surface area contributed by atoms with Crippen molar-refractivity contribution in [2.45, 2.75) is 33.2 Å². The van der Waals surface area contributed by atoms with Gasteiger partial charge in [-0.15, -0.1) is 0 Å². The fourth-order valence-electron chi connectivity index (χ4n) is 2.01. The number of carbonyl (C=O) groups is 1. The molecule has 1 aromatic carbocycles. The zero-order valence-corrected chi connectivity index (χ0v) is 11.8. The molecule has 2 rings (SSSR count). The molecule has 0 bridgehead atoms. The summed E-state index contributed by atoms with van der Waals surface area (Å²) in [5.74, 6) is -0.0754. The van der Waals surface area contributed by atoms with Crippen LogP contribution in [0.5, 0.6) is 0 Å². The monoisotopic (exact) mass is 264 g/mol. The molecule has 4 heteroatoms. The van der Waals surface area contributed by atoms with Crippen LogP contribution in [-0.2, 0) is 0 Å². The van der Waals surface area contributed by atoms with Crippen molar-refractivity contribution in [3.05, 3.63) is 34.5 Å². The van der Waals surface area contributed by atoms with E-state index in [2.05, 4.69) is 10.3 Å². The number of aryl methyl sites for hydroxylation is 1. The third kappa shape index (κ3) is 2.36. The summed E-state index contributed by atoms with van der Waals surface area (Å²) < 4.78 is 0. The summed E-state index contributed by atoms with van der Waals surface area (Å²) in [4.78, 5) is 15.5. The van der Waals surface area contributed by atoms with Crippen LogP contribution in [0.25, 0.3) is 10.9 Å². The molecule has 3 nitrogen and oxygen atoms in total. The standard InChI is InChI=1S/C14H17ClN2O/c1-8-11(13(18)17-14(2,3)4)9-6-5-7-10(15)12(9)16-8/h5-7,16H,1-4H3,(H,17,18). The van der Waals surface area contributed by atoms with Gasteiger partial charge in [-0.1, -0.05) is 23.7 Å². The highest BCUT2D eigenvalue weighted by molar-refractivity contribution is 6.35. The maximum atomic E-state index is 12.3. The number of hydrogen-bond acceptors (Lipinski definition) is 1. The number of aromatic nitrogens is 1. The van der Waals surface area contributed by atoms with Gasteiger partial charge in [0.25, 0.3) is 5.91 Å². The molecule has 0 aliphatic heterocycles. The van der Waals surface area contributed by atoms with Crippen LogP contribution in [0.15, 0.2) is 18.2 Å². The Bertz CT molecular complexity index is 608. The molecule has 1 amide bonds. The van der Waals surface area contributed by atoms with Crippen molar-refractivity contribution in [3.63, 3.8) is 0 Å². The number of fused-ring (bicyclic) bond motifs is 1. The van der Waals surface area contributed by atoms with Crippen molar-refractivity contribution in [1.82, 2.24) is 10.3 Å². The van der Waals surface area contributed by atoms with Crippen LogP contribution in [0.3, 0.4) is 0 Å². The minimum absolute atomic E-state index is 0.0754. The molecule has 0 aliphatic carbocycles. The maximum absolute atomic E-state index is 12.3. The van der Waals surface area contributed by atoms with Gasteiger partial charge in [-0.2, -0.15) is 0 Å². The lowest BCUT2D eigenvalue weighted by molar-refractivity contribution is 0.0920. The lowest BCUT2D eigenvalue weighted by Crippen LogP contribution is -2.40. The van der Waals surface area contributed by atoms with Gasteiger partial charge >= 0.3 is 0 Å². The van der Waals surface area contributed by atoms with Gasteiger partial charge < -0.3 is 10.3 Å². The van der Waals surface area contributed by atoms with Crippen LogP contribution in [0, 0.1) is 6.92 Å². The second kappa shape index (κ2) is 4.32. The molecule has 18 heavy (non-hydrogen) atoms. The minimum atomic E-state index is -0.258. The number of halogens is 1. The van der Waals surface area contributed by atoms with Crippen LogP contribution in [0.4, 0.5) is 0 Å². The van der Waals surface area contributed by atoms with Crippen molar-refractivity contribution >= 4 is 28.4 Å². The first-order valence-electron chi connectivity index (χ1n) is 5.89. The van der Waals surface area contributed by atoms with E-state index in [9.17, 15) is 4.79 Å². The fourth-order valence-corrected chi connectivity index (χ4v) is 2.23. The summed E-state index contributed by atoms with van der Waals surface area (Å²) in [7, 11) is 0. The highest BCUT2D eigenvalue weighted by Crippen LogP contribution is 2.28. The van der Waals surface area contributed by atoms with E-state index in [4.69, 9.17) is 11.6 Å². The maximum Gasteiger partial charge on any atom is 0.254 e. The van der Waals surface area contributed by atoms with E-state index in [0.29, 0.717) is 10.6 Å². The van der Waals surface area contributed by atoms with Crippen molar-refractivity contribution < 1.29 is 4.79 Å². The molecular formula is C14H17ClN2O. The van der Waals surface area contributed by atoms with Crippen molar-refractivity contribution in [3.8, 4) is 0 Å². The van der Waals surface area contributed by atoms with E-state index in [1.807, 2.05) is 45.9 Å². The number of aromatic amines is 1. The predicted molar refractivity (Wildman–Crippen MR) is 75.3 cm³/mol. The third-order valence-electron chi connectivity index (χ3n) is 2.69. The Morgan fingerprint density at radius 1 is 1.33 bits per heavy atom. The lowest BCUT2D eigenvalue weighted by atomic mass is 10.1. The van der Waals surface area contributed by atoms with E-state index >= 15 is 0 Å². The molecule has 0 atom stereocenters. The molecule has 0 unspecified atom stereocenters. The van der Waals surface area contributed by atoms with Crippen molar-refractivity contribution in [1.29, 1.82) is 0 Å². The number of nitrogens with one attached hydrogen (secondary N) is 2. The number of amides is 1. The van der Waals surface area contributed by atoms with Gasteiger partial charge in [-0.25, -0.2) is 0 Å². The summed E-state index contributed by atoms with van der Waals surface area (Å²) in [6.45, 7) is 7.76. The zero-order valence-electron chi connectivity index (χ0n) is 11.0. The molecule has 0 saturated heterocycles. The molecule has 0 aliphatic rings. The van der Waals surface area contributed by atoms with E-state index in [0.717, 1.165) is 16.6 Å². The van der Waals surface area contributed by atoms with Crippen LogP contribution >= 0.6 is 11.6 Å². The topological polar surface area (TPSA) is 44.9 Å². The number of H-pyrrole nitrogens is 1. The summed E-state index contributed by atoms with van der Waals surface area (Å²) >= 11 is 6.12. The van der Waals surface area contributed by atoms with Crippen LogP contribution in [0.2, 0.25) is 5.02 Å². The first-order chi connectivity index (χ1) is 8.29. The number of hydrogen-bond donors (Lipinski definition) is 2. The molecular weight excluding hydrogens is 248 g/mol. The van der Waals surface area contributed by atoms with E-state index in [-0.39, 0.29) is 11.4 Å². The van der Waals surface area contributed by atoms with Gasteiger partial charge in [0, 0.05) is 16.6 Å². The van der Waals surface area contributed by atoms with Crippen LogP contribution < -0.4 is 5.32 Å². The summed E-state index contributed by atoms with van der Waals surface area (Å²) in [6.07, 6.45) is 0. The molecule has 96 valence electrons. The fraction of sp³-hybridized carbons (Fsp3) is 0.357.